The van der Waals surface area contributed by atoms with Crippen LogP contribution in [0.1, 0.15) is 11.1 Å². The van der Waals surface area contributed by atoms with Crippen molar-refractivity contribution in [3.63, 3.8) is 0 Å². The molecule has 0 heterocycles. The minimum absolute atomic E-state index is 0.0947. The third kappa shape index (κ3) is 3.57. The van der Waals surface area contributed by atoms with Crippen LogP contribution in [0, 0.1) is 10.1 Å². The van der Waals surface area contributed by atoms with E-state index in [1.165, 1.54) is 18.3 Å². The molecule has 8 nitrogen and oxygen atoms in total. The van der Waals surface area contributed by atoms with Crippen LogP contribution in [-0.2, 0) is 9.53 Å². The highest BCUT2D eigenvalue weighted by atomic mass is 16.6. The van der Waals surface area contributed by atoms with Gasteiger partial charge >= 0.3 is 11.7 Å². The van der Waals surface area contributed by atoms with Crippen LogP contribution in [0.4, 0.5) is 11.4 Å². The molecule has 0 radical (unpaired) electrons. The third-order valence-corrected chi connectivity index (χ3v) is 3.11. The van der Waals surface area contributed by atoms with Crippen molar-refractivity contribution in [3.8, 4) is 0 Å². The largest absolute Gasteiger partial charge is 0.460 e. The Labute approximate surface area is 136 Å². The number of hydrogen-bond acceptors (Lipinski definition) is 5. The first-order valence-corrected chi connectivity index (χ1v) is 6.75. The number of rotatable bonds is 5. The lowest BCUT2D eigenvalue weighted by atomic mass is 10.1. The van der Waals surface area contributed by atoms with Crippen LogP contribution in [0.3, 0.4) is 0 Å². The molecule has 2 aromatic carbocycles. The molecule has 2 aromatic rings. The molecule has 0 saturated carbocycles. The van der Waals surface area contributed by atoms with Crippen LogP contribution < -0.4 is 0 Å². The SMILES string of the molecule is COC(=O)C(=[N+]=[N-])c1ccccc1N=Cc1ccccc1[N+](=O)[O-]. The first-order valence-electron chi connectivity index (χ1n) is 6.75. The molecule has 0 fully saturated rings. The topological polar surface area (TPSA) is 118 Å². The summed E-state index contributed by atoms with van der Waals surface area (Å²) in [6, 6.07) is 12.5. The highest BCUT2D eigenvalue weighted by molar-refractivity contribution is 6.41. The van der Waals surface area contributed by atoms with Gasteiger partial charge in [-0.2, -0.15) is 4.79 Å². The van der Waals surface area contributed by atoms with Crippen molar-refractivity contribution in [2.75, 3.05) is 7.11 Å². The van der Waals surface area contributed by atoms with Crippen LogP contribution in [0.5, 0.6) is 0 Å². The summed E-state index contributed by atoms with van der Waals surface area (Å²) in [6.45, 7) is 0. The van der Waals surface area contributed by atoms with E-state index in [4.69, 9.17) is 5.53 Å². The van der Waals surface area contributed by atoms with Gasteiger partial charge in [-0.15, -0.1) is 0 Å². The number of nitro groups is 1. The normalized spacial score (nSPS) is 10.2. The van der Waals surface area contributed by atoms with Crippen molar-refractivity contribution in [3.05, 3.63) is 75.3 Å². The summed E-state index contributed by atoms with van der Waals surface area (Å²) in [5.41, 5.74) is 9.49. The van der Waals surface area contributed by atoms with Crippen LogP contribution in [0.25, 0.3) is 5.53 Å². The molecule has 0 unspecified atom stereocenters. The molecule has 0 aliphatic carbocycles. The van der Waals surface area contributed by atoms with Gasteiger partial charge in [0.1, 0.15) is 0 Å². The number of hydrogen-bond donors (Lipinski definition) is 0. The van der Waals surface area contributed by atoms with Gasteiger partial charge in [-0.1, -0.05) is 24.3 Å². The van der Waals surface area contributed by atoms with Crippen molar-refractivity contribution in [1.82, 2.24) is 0 Å². The van der Waals surface area contributed by atoms with Crippen LogP contribution in [0.15, 0.2) is 53.5 Å². The molecule has 0 saturated heterocycles. The summed E-state index contributed by atoms with van der Waals surface area (Å²) in [6.07, 6.45) is 1.31. The summed E-state index contributed by atoms with van der Waals surface area (Å²) >= 11 is 0. The lowest BCUT2D eigenvalue weighted by molar-refractivity contribution is -0.385. The van der Waals surface area contributed by atoms with E-state index >= 15 is 0 Å². The number of nitrogens with zero attached hydrogens (tertiary/aromatic N) is 4. The van der Waals surface area contributed by atoms with Crippen molar-refractivity contribution in [2.45, 2.75) is 0 Å². The van der Waals surface area contributed by atoms with Gasteiger partial charge in [-0.25, -0.2) is 4.79 Å². The van der Waals surface area contributed by atoms with Crippen molar-refractivity contribution >= 4 is 29.3 Å². The highest BCUT2D eigenvalue weighted by Gasteiger charge is 2.26. The second-order valence-corrected chi connectivity index (χ2v) is 4.53. The summed E-state index contributed by atoms with van der Waals surface area (Å²) in [7, 11) is 1.16. The maximum atomic E-state index is 11.7. The van der Waals surface area contributed by atoms with E-state index in [2.05, 4.69) is 14.5 Å². The van der Waals surface area contributed by atoms with Gasteiger partial charge in [0, 0.05) is 12.3 Å². The standard InChI is InChI=1S/C16H12N4O4/c1-24-16(21)15(19-17)12-7-3-4-8-13(12)18-10-11-6-2-5-9-14(11)20(22)23/h2-10H,1H3. The van der Waals surface area contributed by atoms with Gasteiger partial charge in [0.25, 0.3) is 5.69 Å². The Morgan fingerprint density at radius 3 is 2.58 bits per heavy atom. The second kappa shape index (κ2) is 7.57. The van der Waals surface area contributed by atoms with Crippen molar-refractivity contribution in [1.29, 1.82) is 0 Å². The van der Waals surface area contributed by atoms with Crippen LogP contribution in [-0.4, -0.2) is 34.7 Å². The zero-order chi connectivity index (χ0) is 17.5. The minimum Gasteiger partial charge on any atom is -0.460 e. The molecule has 120 valence electrons. The zero-order valence-electron chi connectivity index (χ0n) is 12.6. The van der Waals surface area contributed by atoms with Gasteiger partial charge in [0.2, 0.25) is 0 Å². The zero-order valence-corrected chi connectivity index (χ0v) is 12.6. The number of ether oxygens (including phenoxy) is 1. The summed E-state index contributed by atoms with van der Waals surface area (Å²) in [5, 5.41) is 11.0. The second-order valence-electron chi connectivity index (χ2n) is 4.53. The molecule has 2 rings (SSSR count). The number of para-hydroxylation sites is 2. The number of esters is 1. The summed E-state index contributed by atoms with van der Waals surface area (Å²) in [5.74, 6) is -0.828. The van der Waals surface area contributed by atoms with E-state index in [1.807, 2.05) is 0 Å². The van der Waals surface area contributed by atoms with E-state index in [0.717, 1.165) is 7.11 Å². The molecular weight excluding hydrogens is 312 g/mol. The third-order valence-electron chi connectivity index (χ3n) is 3.11. The van der Waals surface area contributed by atoms with Crippen LogP contribution in [0.2, 0.25) is 0 Å². The number of aliphatic imine (C=N–C) groups is 1. The van der Waals surface area contributed by atoms with Gasteiger partial charge in [-0.3, -0.25) is 15.1 Å². The maximum absolute atomic E-state index is 11.7. The fourth-order valence-electron chi connectivity index (χ4n) is 1.99. The first-order chi connectivity index (χ1) is 11.6. The maximum Gasteiger partial charge on any atom is 0.422 e. The smallest absolute Gasteiger partial charge is 0.422 e. The van der Waals surface area contributed by atoms with Crippen molar-refractivity contribution < 1.29 is 19.2 Å². The van der Waals surface area contributed by atoms with E-state index in [0.29, 0.717) is 11.3 Å². The molecule has 24 heavy (non-hydrogen) atoms. The average molecular weight is 324 g/mol. The first kappa shape index (κ1) is 16.7. The summed E-state index contributed by atoms with van der Waals surface area (Å²) < 4.78 is 4.56. The van der Waals surface area contributed by atoms with Gasteiger partial charge < -0.3 is 10.3 Å². The lowest BCUT2D eigenvalue weighted by Crippen LogP contribution is -2.18. The Bertz CT molecular complexity index is 870. The molecule has 0 N–H and O–H groups in total. The van der Waals surface area contributed by atoms with E-state index in [1.54, 1.807) is 36.4 Å². The molecular formula is C16H12N4O4. The Hall–Kier alpha value is -3.64. The molecule has 0 aliphatic heterocycles. The minimum atomic E-state index is -0.828. The predicted octanol–water partition coefficient (Wildman–Crippen LogP) is 2.54. The lowest BCUT2D eigenvalue weighted by Gasteiger charge is -2.01. The summed E-state index contributed by atoms with van der Waals surface area (Å²) in [4.78, 5) is 29.3. The molecule has 8 heteroatoms. The Balaban J connectivity index is 2.47. The molecule has 0 aromatic heterocycles. The van der Waals surface area contributed by atoms with E-state index in [9.17, 15) is 14.9 Å². The number of benzene rings is 2. The molecule has 0 spiro atoms. The van der Waals surface area contributed by atoms with Crippen molar-refractivity contribution in [2.24, 2.45) is 4.99 Å². The van der Waals surface area contributed by atoms with E-state index in [-0.39, 0.29) is 17.0 Å². The van der Waals surface area contributed by atoms with Gasteiger partial charge in [0.05, 0.1) is 28.8 Å². The average Bonchev–Trinajstić information content (AvgIpc) is 2.61. The molecule has 0 bridgehead atoms. The Morgan fingerprint density at radius 2 is 1.92 bits per heavy atom. The number of carbonyl (C=O) groups is 1. The molecule has 0 atom stereocenters. The quantitative estimate of drug-likeness (QED) is 0.210. The van der Waals surface area contributed by atoms with Crippen LogP contribution >= 0.6 is 0 Å². The number of carbonyl (C=O) groups excluding carboxylic acids is 1. The highest BCUT2D eigenvalue weighted by Crippen LogP contribution is 2.21. The molecule has 0 amide bonds. The monoisotopic (exact) mass is 324 g/mol. The number of nitro benzene ring substituents is 1. The fourth-order valence-corrected chi connectivity index (χ4v) is 1.99. The molecule has 0 aliphatic rings. The Kier molecular flexibility index (Phi) is 5.28. The van der Waals surface area contributed by atoms with Gasteiger partial charge in [-0.05, 0) is 18.2 Å². The number of methoxy groups -OCH3 is 1. The van der Waals surface area contributed by atoms with Gasteiger partial charge in [0.15, 0.2) is 0 Å². The van der Waals surface area contributed by atoms with E-state index < -0.39 is 10.9 Å². The predicted molar refractivity (Wildman–Crippen MR) is 86.5 cm³/mol. The Morgan fingerprint density at radius 1 is 1.25 bits per heavy atom. The fraction of sp³-hybridized carbons (Fsp3) is 0.0625.